The number of carbonyl (C=O) groups is 1. The molecule has 0 fully saturated rings. The van der Waals surface area contributed by atoms with Crippen LogP contribution in [0.15, 0.2) is 0 Å². The molecule has 108 valence electrons. The van der Waals surface area contributed by atoms with Crippen molar-refractivity contribution in [1.29, 1.82) is 0 Å². The first kappa shape index (κ1) is 17.1. The maximum absolute atomic E-state index is 11.1. The number of hydrogen-bond donors (Lipinski definition) is 2. The Morgan fingerprint density at radius 3 is 2.44 bits per heavy atom. The quantitative estimate of drug-likeness (QED) is 0.376. The third-order valence-electron chi connectivity index (χ3n) is 2.37. The van der Waals surface area contributed by atoms with Crippen molar-refractivity contribution in [2.45, 2.75) is 58.7 Å². The third kappa shape index (κ3) is 10.3. The van der Waals surface area contributed by atoms with Crippen LogP contribution in [0.3, 0.4) is 0 Å². The van der Waals surface area contributed by atoms with Crippen molar-refractivity contribution in [2.75, 3.05) is 6.61 Å². The Balaban J connectivity index is 3.42. The summed E-state index contributed by atoms with van der Waals surface area (Å²) in [6.07, 6.45) is 1.69. The lowest BCUT2D eigenvalue weighted by atomic mass is 10.2. The second-order valence-electron chi connectivity index (χ2n) is 4.10. The molecule has 0 aromatic carbocycles. The van der Waals surface area contributed by atoms with E-state index in [-0.39, 0.29) is 24.2 Å². The fraction of sp³-hybridized carbons (Fsp3) is 0.909. The standard InChI is InChI=1S/C11H23NO6/c1-4-9(2)17-11(13)16-8-6-5-7-10(3)18-12(14)15/h9-10,14-15H,4-8H2,1-3H3/t9?,10-/m0/s1. The minimum Gasteiger partial charge on any atom is -0.434 e. The average Bonchev–Trinajstić information content (AvgIpc) is 2.27. The van der Waals surface area contributed by atoms with E-state index in [1.807, 2.05) is 6.92 Å². The lowest BCUT2D eigenvalue weighted by Gasteiger charge is -2.14. The van der Waals surface area contributed by atoms with Crippen LogP contribution in [0.2, 0.25) is 0 Å². The molecule has 0 amide bonds. The van der Waals surface area contributed by atoms with Gasteiger partial charge in [0.05, 0.1) is 18.1 Å². The minimum absolute atomic E-state index is 0.133. The van der Waals surface area contributed by atoms with Crippen LogP contribution in [0.5, 0.6) is 0 Å². The number of nitrogens with zero attached hydrogens (tertiary/aromatic N) is 1. The molecule has 2 atom stereocenters. The van der Waals surface area contributed by atoms with Gasteiger partial charge in [-0.15, -0.1) is 0 Å². The van der Waals surface area contributed by atoms with Crippen LogP contribution in [0.1, 0.15) is 46.5 Å². The molecule has 0 spiro atoms. The van der Waals surface area contributed by atoms with E-state index in [0.29, 0.717) is 12.8 Å². The summed E-state index contributed by atoms with van der Waals surface area (Å²) >= 11 is 0. The number of rotatable bonds is 9. The van der Waals surface area contributed by atoms with E-state index >= 15 is 0 Å². The topological polar surface area (TPSA) is 88.5 Å². The van der Waals surface area contributed by atoms with E-state index in [9.17, 15) is 4.79 Å². The highest BCUT2D eigenvalue weighted by molar-refractivity contribution is 5.59. The second kappa shape index (κ2) is 10.1. The van der Waals surface area contributed by atoms with Crippen molar-refractivity contribution in [2.24, 2.45) is 0 Å². The SMILES string of the molecule is CCC(C)OC(=O)OCCCC[C@H](C)ON(O)O. The average molecular weight is 265 g/mol. The first-order valence-electron chi connectivity index (χ1n) is 6.13. The predicted octanol–water partition coefficient (Wildman–Crippen LogP) is 2.51. The molecule has 0 saturated heterocycles. The zero-order chi connectivity index (χ0) is 14.0. The smallest absolute Gasteiger partial charge is 0.434 e. The lowest BCUT2D eigenvalue weighted by molar-refractivity contribution is -0.503. The number of ether oxygens (including phenoxy) is 2. The van der Waals surface area contributed by atoms with Gasteiger partial charge in [0.1, 0.15) is 6.10 Å². The van der Waals surface area contributed by atoms with Gasteiger partial charge in [-0.05, 0) is 39.5 Å². The summed E-state index contributed by atoms with van der Waals surface area (Å²) in [7, 11) is 0. The Morgan fingerprint density at radius 2 is 1.89 bits per heavy atom. The van der Waals surface area contributed by atoms with E-state index in [2.05, 4.69) is 4.84 Å². The molecule has 1 unspecified atom stereocenters. The number of unbranched alkanes of at least 4 members (excludes halogenated alkanes) is 1. The summed E-state index contributed by atoms with van der Waals surface area (Å²) in [4.78, 5) is 15.7. The largest absolute Gasteiger partial charge is 0.508 e. The molecule has 7 heteroatoms. The van der Waals surface area contributed by atoms with Crippen molar-refractivity contribution in [1.82, 2.24) is 5.39 Å². The van der Waals surface area contributed by atoms with Crippen molar-refractivity contribution in [3.05, 3.63) is 0 Å². The first-order valence-corrected chi connectivity index (χ1v) is 6.13. The Labute approximate surface area is 107 Å². The van der Waals surface area contributed by atoms with Crippen molar-refractivity contribution >= 4 is 6.16 Å². The normalized spacial score (nSPS) is 14.3. The molecule has 18 heavy (non-hydrogen) atoms. The summed E-state index contributed by atoms with van der Waals surface area (Å²) in [5.74, 6) is 0. The van der Waals surface area contributed by atoms with Gasteiger partial charge in [0.15, 0.2) is 0 Å². The predicted molar refractivity (Wildman–Crippen MR) is 62.0 cm³/mol. The fourth-order valence-corrected chi connectivity index (χ4v) is 1.18. The van der Waals surface area contributed by atoms with Gasteiger partial charge in [-0.2, -0.15) is 0 Å². The van der Waals surface area contributed by atoms with Gasteiger partial charge in [-0.3, -0.25) is 10.4 Å². The van der Waals surface area contributed by atoms with Gasteiger partial charge < -0.3 is 9.47 Å². The van der Waals surface area contributed by atoms with Crippen LogP contribution in [-0.4, -0.2) is 40.8 Å². The molecular formula is C11H23NO6. The van der Waals surface area contributed by atoms with Crippen molar-refractivity contribution in [3.8, 4) is 0 Å². The fourth-order valence-electron chi connectivity index (χ4n) is 1.18. The summed E-state index contributed by atoms with van der Waals surface area (Å²) < 4.78 is 9.79. The molecule has 0 bridgehead atoms. The molecule has 0 heterocycles. The van der Waals surface area contributed by atoms with Gasteiger partial charge in [0, 0.05) is 0 Å². The highest BCUT2D eigenvalue weighted by atomic mass is 17.1. The minimum atomic E-state index is -0.648. The maximum Gasteiger partial charge on any atom is 0.508 e. The monoisotopic (exact) mass is 265 g/mol. The van der Waals surface area contributed by atoms with Crippen LogP contribution in [-0.2, 0) is 14.3 Å². The van der Waals surface area contributed by atoms with Crippen LogP contribution in [0.4, 0.5) is 4.79 Å². The second-order valence-corrected chi connectivity index (χ2v) is 4.10. The van der Waals surface area contributed by atoms with Crippen LogP contribution >= 0.6 is 0 Å². The maximum atomic E-state index is 11.1. The summed E-state index contributed by atoms with van der Waals surface area (Å²) in [6.45, 7) is 5.71. The summed E-state index contributed by atoms with van der Waals surface area (Å²) in [5.41, 5.74) is 0. The van der Waals surface area contributed by atoms with E-state index in [1.54, 1.807) is 13.8 Å². The molecule has 0 aromatic rings. The van der Waals surface area contributed by atoms with E-state index in [1.165, 1.54) is 0 Å². The van der Waals surface area contributed by atoms with Crippen molar-refractivity contribution < 1.29 is 29.5 Å². The van der Waals surface area contributed by atoms with Gasteiger partial charge in [-0.25, -0.2) is 9.63 Å². The highest BCUT2D eigenvalue weighted by Crippen LogP contribution is 2.06. The van der Waals surface area contributed by atoms with Gasteiger partial charge >= 0.3 is 6.16 Å². The molecular weight excluding hydrogens is 242 g/mol. The molecule has 0 aliphatic carbocycles. The van der Waals surface area contributed by atoms with Crippen LogP contribution in [0, 0.1) is 0 Å². The zero-order valence-electron chi connectivity index (χ0n) is 11.2. The molecule has 7 nitrogen and oxygen atoms in total. The van der Waals surface area contributed by atoms with Gasteiger partial charge in [-0.1, -0.05) is 6.92 Å². The molecule has 2 N–H and O–H groups in total. The first-order chi connectivity index (χ1) is 8.45. The molecule has 0 rings (SSSR count). The molecule has 0 aromatic heterocycles. The number of hydrogen-bond acceptors (Lipinski definition) is 7. The Morgan fingerprint density at radius 1 is 1.22 bits per heavy atom. The Hall–Kier alpha value is -0.890. The van der Waals surface area contributed by atoms with Gasteiger partial charge in [0.25, 0.3) is 0 Å². The molecule has 0 aliphatic heterocycles. The lowest BCUT2D eigenvalue weighted by Crippen LogP contribution is -2.21. The van der Waals surface area contributed by atoms with Crippen LogP contribution < -0.4 is 0 Å². The summed E-state index contributed by atoms with van der Waals surface area (Å²) in [6, 6.07) is 0. The Bertz CT molecular complexity index is 224. The highest BCUT2D eigenvalue weighted by Gasteiger charge is 2.09. The van der Waals surface area contributed by atoms with Crippen LogP contribution in [0.25, 0.3) is 0 Å². The third-order valence-corrected chi connectivity index (χ3v) is 2.37. The molecule has 0 saturated carbocycles. The van der Waals surface area contributed by atoms with E-state index in [0.717, 1.165) is 12.8 Å². The van der Waals surface area contributed by atoms with E-state index < -0.39 is 6.16 Å². The van der Waals surface area contributed by atoms with Crippen molar-refractivity contribution in [3.63, 3.8) is 0 Å². The summed E-state index contributed by atoms with van der Waals surface area (Å²) in [5, 5.41) is 16.5. The van der Waals surface area contributed by atoms with Gasteiger partial charge in [0.2, 0.25) is 0 Å². The molecule has 0 aliphatic rings. The zero-order valence-corrected chi connectivity index (χ0v) is 11.2. The van der Waals surface area contributed by atoms with E-state index in [4.69, 9.17) is 19.9 Å². The Kier molecular flexibility index (Phi) is 9.57. The molecule has 0 radical (unpaired) electrons. The number of carbonyl (C=O) groups excluding carboxylic acids is 1.